The number of nitrogens with one attached hydrogen (secondary N) is 2. The summed E-state index contributed by atoms with van der Waals surface area (Å²) in [5, 5.41) is 16.9. The first-order chi connectivity index (χ1) is 12.6. The van der Waals surface area contributed by atoms with Gasteiger partial charge in [0, 0.05) is 11.1 Å². The number of hydrogen-bond donors (Lipinski definition) is 2. The van der Waals surface area contributed by atoms with Crippen LogP contribution in [0.1, 0.15) is 32.9 Å². The molecule has 0 bridgehead atoms. The van der Waals surface area contributed by atoms with Gasteiger partial charge in [-0.1, -0.05) is 11.6 Å². The van der Waals surface area contributed by atoms with E-state index < -0.39 is 17.8 Å². The number of pyridine rings is 1. The molecule has 0 saturated heterocycles. The molecular weight excluding hydrogens is 383 g/mol. The monoisotopic (exact) mass is 393 g/mol. The zero-order chi connectivity index (χ0) is 19.9. The number of carbonyl (C=O) groups excluding carboxylic acids is 1. The molecule has 0 unspecified atom stereocenters. The Morgan fingerprint density at radius 2 is 2.00 bits per heavy atom. The number of nitrogens with zero attached hydrogens (tertiary/aromatic N) is 3. The van der Waals surface area contributed by atoms with Crippen LogP contribution in [0, 0.1) is 25.2 Å². The molecule has 0 aliphatic heterocycles. The molecule has 10 heteroatoms. The summed E-state index contributed by atoms with van der Waals surface area (Å²) >= 11 is 5.94. The fourth-order valence-electron chi connectivity index (χ4n) is 2.60. The van der Waals surface area contributed by atoms with Gasteiger partial charge in [0.25, 0.3) is 5.91 Å². The molecule has 0 radical (unpaired) electrons. The number of aromatic amines is 1. The van der Waals surface area contributed by atoms with Crippen molar-refractivity contribution in [3.63, 3.8) is 0 Å². The van der Waals surface area contributed by atoms with Gasteiger partial charge in [-0.25, -0.2) is 4.98 Å². The number of rotatable bonds is 2. The minimum absolute atomic E-state index is 0.0140. The Bertz CT molecular complexity index is 1110. The number of alkyl halides is 3. The predicted molar refractivity (Wildman–Crippen MR) is 92.5 cm³/mol. The molecule has 6 nitrogen and oxygen atoms in total. The van der Waals surface area contributed by atoms with Gasteiger partial charge < -0.3 is 5.32 Å². The molecule has 0 fully saturated rings. The van der Waals surface area contributed by atoms with Crippen LogP contribution in [0.25, 0.3) is 10.9 Å². The summed E-state index contributed by atoms with van der Waals surface area (Å²) in [4.78, 5) is 16.5. The van der Waals surface area contributed by atoms with Crippen LogP contribution in [0.3, 0.4) is 0 Å². The first-order valence-corrected chi connectivity index (χ1v) is 7.94. The number of H-pyrrole nitrogens is 1. The lowest BCUT2D eigenvalue weighted by Gasteiger charge is -2.11. The van der Waals surface area contributed by atoms with Crippen LogP contribution in [0.5, 0.6) is 0 Å². The SMILES string of the molecule is Cc1c(C(=O)Nc2ccc3n[nH]c(C(F)(F)F)c3c2)nc(Cl)c(C#N)c1C. The minimum Gasteiger partial charge on any atom is -0.321 e. The molecule has 0 aliphatic carbocycles. The third-order valence-corrected chi connectivity index (χ3v) is 4.40. The van der Waals surface area contributed by atoms with E-state index in [2.05, 4.69) is 15.4 Å². The van der Waals surface area contributed by atoms with Gasteiger partial charge in [0.2, 0.25) is 0 Å². The quantitative estimate of drug-likeness (QED) is 0.632. The first kappa shape index (κ1) is 18.7. The van der Waals surface area contributed by atoms with Crippen molar-refractivity contribution in [2.75, 3.05) is 5.32 Å². The first-order valence-electron chi connectivity index (χ1n) is 7.57. The number of halogens is 4. The third kappa shape index (κ3) is 3.31. The molecule has 1 aromatic carbocycles. The summed E-state index contributed by atoms with van der Waals surface area (Å²) in [5.74, 6) is -0.654. The summed E-state index contributed by atoms with van der Waals surface area (Å²) in [6.07, 6.45) is -4.60. The molecule has 0 aliphatic rings. The van der Waals surface area contributed by atoms with E-state index in [1.54, 1.807) is 13.8 Å². The number of amides is 1. The second-order valence-electron chi connectivity index (χ2n) is 5.77. The Labute approximate surface area is 156 Å². The highest BCUT2D eigenvalue weighted by Gasteiger charge is 2.35. The summed E-state index contributed by atoms with van der Waals surface area (Å²) in [7, 11) is 0. The lowest BCUT2D eigenvalue weighted by atomic mass is 10.0. The largest absolute Gasteiger partial charge is 0.433 e. The molecule has 27 heavy (non-hydrogen) atoms. The Kier molecular flexibility index (Phi) is 4.53. The standard InChI is InChI=1S/C17H11ClF3N5O/c1-7-8(2)13(24-15(18)11(7)6-22)16(27)23-9-3-4-12-10(5-9)14(26-25-12)17(19,20)21/h3-5H,1-2H3,(H,23,27)(H,25,26). The number of aromatic nitrogens is 3. The smallest absolute Gasteiger partial charge is 0.321 e. The van der Waals surface area contributed by atoms with E-state index in [1.165, 1.54) is 18.2 Å². The van der Waals surface area contributed by atoms with Crippen LogP contribution in [0.15, 0.2) is 18.2 Å². The van der Waals surface area contributed by atoms with Gasteiger partial charge in [-0.3, -0.25) is 9.89 Å². The van der Waals surface area contributed by atoms with Crippen molar-refractivity contribution in [1.82, 2.24) is 15.2 Å². The van der Waals surface area contributed by atoms with Gasteiger partial charge in [-0.05, 0) is 43.2 Å². The predicted octanol–water partition coefficient (Wildman–Crippen LogP) is 4.37. The van der Waals surface area contributed by atoms with Crippen LogP contribution in [-0.4, -0.2) is 21.1 Å². The lowest BCUT2D eigenvalue weighted by Crippen LogP contribution is -2.17. The van der Waals surface area contributed by atoms with Crippen molar-refractivity contribution in [3.05, 3.63) is 51.4 Å². The van der Waals surface area contributed by atoms with E-state index in [1.807, 2.05) is 11.2 Å². The van der Waals surface area contributed by atoms with E-state index in [0.29, 0.717) is 11.1 Å². The van der Waals surface area contributed by atoms with Gasteiger partial charge in [0.15, 0.2) is 0 Å². The van der Waals surface area contributed by atoms with Crippen LogP contribution in [0.4, 0.5) is 18.9 Å². The van der Waals surface area contributed by atoms with E-state index in [9.17, 15) is 18.0 Å². The number of hydrogen-bond acceptors (Lipinski definition) is 4. The van der Waals surface area contributed by atoms with Crippen LogP contribution >= 0.6 is 11.6 Å². The Morgan fingerprint density at radius 3 is 2.63 bits per heavy atom. The molecule has 0 saturated carbocycles. The Balaban J connectivity index is 1.99. The summed E-state index contributed by atoms with van der Waals surface area (Å²) < 4.78 is 39.0. The number of carbonyl (C=O) groups is 1. The van der Waals surface area contributed by atoms with Crippen molar-refractivity contribution in [3.8, 4) is 6.07 Å². The lowest BCUT2D eigenvalue weighted by molar-refractivity contribution is -0.139. The zero-order valence-electron chi connectivity index (χ0n) is 14.0. The molecule has 2 N–H and O–H groups in total. The molecule has 2 heterocycles. The van der Waals surface area contributed by atoms with E-state index >= 15 is 0 Å². The van der Waals surface area contributed by atoms with Crippen molar-refractivity contribution < 1.29 is 18.0 Å². The fourth-order valence-corrected chi connectivity index (χ4v) is 2.87. The zero-order valence-corrected chi connectivity index (χ0v) is 14.7. The second-order valence-corrected chi connectivity index (χ2v) is 6.13. The highest BCUT2D eigenvalue weighted by atomic mass is 35.5. The molecule has 1 amide bonds. The van der Waals surface area contributed by atoms with Gasteiger partial charge in [-0.15, -0.1) is 0 Å². The van der Waals surface area contributed by atoms with Crippen LogP contribution < -0.4 is 5.32 Å². The second kappa shape index (κ2) is 6.55. The normalized spacial score (nSPS) is 11.4. The highest BCUT2D eigenvalue weighted by Crippen LogP contribution is 2.34. The van der Waals surface area contributed by atoms with E-state index in [0.717, 1.165) is 0 Å². The molecule has 3 aromatic rings. The van der Waals surface area contributed by atoms with Crippen molar-refractivity contribution in [1.29, 1.82) is 5.26 Å². The average molecular weight is 394 g/mol. The third-order valence-electron chi connectivity index (χ3n) is 4.13. The molecule has 0 atom stereocenters. The van der Waals surface area contributed by atoms with Crippen molar-refractivity contribution >= 4 is 34.1 Å². The molecule has 0 spiro atoms. The number of benzene rings is 1. The molecule has 2 aromatic heterocycles. The van der Waals surface area contributed by atoms with Gasteiger partial charge >= 0.3 is 6.18 Å². The van der Waals surface area contributed by atoms with E-state index in [4.69, 9.17) is 16.9 Å². The topological polar surface area (TPSA) is 94.5 Å². The maximum atomic E-state index is 13.0. The average Bonchev–Trinajstić information content (AvgIpc) is 3.02. The van der Waals surface area contributed by atoms with Crippen LogP contribution in [-0.2, 0) is 6.18 Å². The van der Waals surface area contributed by atoms with E-state index in [-0.39, 0.29) is 33.0 Å². The number of anilines is 1. The van der Waals surface area contributed by atoms with Crippen LogP contribution in [0.2, 0.25) is 5.15 Å². The number of nitriles is 1. The van der Waals surface area contributed by atoms with Gasteiger partial charge in [0.05, 0.1) is 11.1 Å². The number of fused-ring (bicyclic) bond motifs is 1. The van der Waals surface area contributed by atoms with Crippen molar-refractivity contribution in [2.45, 2.75) is 20.0 Å². The summed E-state index contributed by atoms with van der Waals surface area (Å²) in [6, 6.07) is 5.87. The summed E-state index contributed by atoms with van der Waals surface area (Å²) in [6.45, 7) is 3.24. The molecule has 3 rings (SSSR count). The maximum absolute atomic E-state index is 13.0. The highest BCUT2D eigenvalue weighted by molar-refractivity contribution is 6.31. The Hall–Kier alpha value is -3.12. The fraction of sp³-hybridized carbons (Fsp3) is 0.176. The van der Waals surface area contributed by atoms with Gasteiger partial charge in [0.1, 0.15) is 22.6 Å². The van der Waals surface area contributed by atoms with Gasteiger partial charge in [-0.2, -0.15) is 23.5 Å². The molecular formula is C17H11ClF3N5O. The molecule has 138 valence electrons. The minimum atomic E-state index is -4.60. The summed E-state index contributed by atoms with van der Waals surface area (Å²) in [5.41, 5.74) is 0.368. The Morgan fingerprint density at radius 1 is 1.30 bits per heavy atom. The van der Waals surface area contributed by atoms with Crippen molar-refractivity contribution in [2.24, 2.45) is 0 Å². The maximum Gasteiger partial charge on any atom is 0.433 e.